The Morgan fingerprint density at radius 2 is 2.00 bits per heavy atom. The van der Waals surface area contributed by atoms with Gasteiger partial charge in [0.15, 0.2) is 0 Å². The number of pyridine rings is 1. The van der Waals surface area contributed by atoms with Crippen molar-refractivity contribution in [2.24, 2.45) is 5.92 Å². The van der Waals surface area contributed by atoms with Crippen LogP contribution < -0.4 is 10.3 Å². The third-order valence-electron chi connectivity index (χ3n) is 6.39. The van der Waals surface area contributed by atoms with Gasteiger partial charge in [-0.3, -0.25) is 19.3 Å². The van der Waals surface area contributed by atoms with Crippen molar-refractivity contribution >= 4 is 46.2 Å². The van der Waals surface area contributed by atoms with E-state index in [0.717, 1.165) is 17.7 Å². The second-order valence-electron chi connectivity index (χ2n) is 8.54. The van der Waals surface area contributed by atoms with Crippen LogP contribution in [0.25, 0.3) is 6.08 Å². The highest BCUT2D eigenvalue weighted by Crippen LogP contribution is 2.36. The van der Waals surface area contributed by atoms with Crippen molar-refractivity contribution in [1.82, 2.24) is 14.4 Å². The summed E-state index contributed by atoms with van der Waals surface area (Å²) in [6.07, 6.45) is 2.74. The molecule has 2 fully saturated rings. The van der Waals surface area contributed by atoms with Gasteiger partial charge in [0.05, 0.1) is 12.0 Å². The van der Waals surface area contributed by atoms with Crippen LogP contribution in [-0.2, 0) is 16.1 Å². The minimum absolute atomic E-state index is 0.0161. The summed E-state index contributed by atoms with van der Waals surface area (Å²) in [7, 11) is 1.59. The van der Waals surface area contributed by atoms with Crippen molar-refractivity contribution in [2.75, 3.05) is 26.7 Å². The molecule has 2 aromatic rings. The van der Waals surface area contributed by atoms with Crippen LogP contribution in [0, 0.1) is 5.92 Å². The van der Waals surface area contributed by atoms with Crippen LogP contribution in [0.15, 0.2) is 52.2 Å². The van der Waals surface area contributed by atoms with Gasteiger partial charge in [-0.2, -0.15) is 0 Å². The zero-order valence-electron chi connectivity index (χ0n) is 18.1. The molecule has 9 heteroatoms. The average Bonchev–Trinajstić information content (AvgIpc) is 3.07. The van der Waals surface area contributed by atoms with Gasteiger partial charge in [0.2, 0.25) is 5.91 Å². The van der Waals surface area contributed by atoms with E-state index >= 15 is 0 Å². The molecular weight excluding hydrogens is 458 g/mol. The van der Waals surface area contributed by atoms with Crippen molar-refractivity contribution in [2.45, 2.75) is 18.9 Å². The Morgan fingerprint density at radius 1 is 1.18 bits per heavy atom. The predicted molar refractivity (Wildman–Crippen MR) is 131 cm³/mol. The first-order valence-electron chi connectivity index (χ1n) is 10.8. The number of fused-ring (bicyclic) bond motifs is 4. The standard InChI is InChI=1S/C24H23N3O4S2/c1-31-18-5-2-4-15(9-18)10-20-23(30)27(24(32)33-20)14-22(29)25-11-16-8-17(13-25)19-6-3-7-21(28)26(19)12-16/h2-7,9-10,16-17H,8,11-14H2,1H3/b20-10-/t16-,17-/m0/s1. The van der Waals surface area contributed by atoms with Crippen molar-refractivity contribution in [3.8, 4) is 5.75 Å². The first kappa shape index (κ1) is 21.9. The number of methoxy groups -OCH3 is 1. The number of hydrogen-bond acceptors (Lipinski definition) is 6. The van der Waals surface area contributed by atoms with Gasteiger partial charge >= 0.3 is 0 Å². The minimum Gasteiger partial charge on any atom is -0.497 e. The molecule has 2 amide bonds. The number of nitrogens with zero attached hydrogens (tertiary/aromatic N) is 3. The lowest BCUT2D eigenvalue weighted by atomic mass is 9.83. The number of thioether (sulfide) groups is 1. The smallest absolute Gasteiger partial charge is 0.266 e. The third-order valence-corrected chi connectivity index (χ3v) is 7.77. The molecule has 1 aromatic heterocycles. The number of benzene rings is 1. The molecule has 33 heavy (non-hydrogen) atoms. The molecule has 5 rings (SSSR count). The second kappa shape index (κ2) is 8.79. The Bertz CT molecular complexity index is 1240. The number of hydrogen-bond donors (Lipinski definition) is 0. The van der Waals surface area contributed by atoms with Gasteiger partial charge in [0.25, 0.3) is 11.5 Å². The largest absolute Gasteiger partial charge is 0.497 e. The zero-order chi connectivity index (χ0) is 23.1. The van der Waals surface area contributed by atoms with Gasteiger partial charge in [-0.25, -0.2) is 0 Å². The molecule has 0 aliphatic carbocycles. The fraction of sp³-hybridized carbons (Fsp3) is 0.333. The molecule has 7 nitrogen and oxygen atoms in total. The summed E-state index contributed by atoms with van der Waals surface area (Å²) in [6, 6.07) is 12.8. The van der Waals surface area contributed by atoms with Gasteiger partial charge in [0, 0.05) is 37.3 Å². The maximum absolute atomic E-state index is 13.2. The van der Waals surface area contributed by atoms with Crippen molar-refractivity contribution < 1.29 is 14.3 Å². The number of aromatic nitrogens is 1. The summed E-state index contributed by atoms with van der Waals surface area (Å²) >= 11 is 6.63. The lowest BCUT2D eigenvalue weighted by Gasteiger charge is -2.43. The number of piperidine rings is 1. The van der Waals surface area contributed by atoms with Crippen LogP contribution in [0.4, 0.5) is 0 Å². The molecule has 4 heterocycles. The zero-order valence-corrected chi connectivity index (χ0v) is 19.7. The number of ether oxygens (including phenoxy) is 1. The molecule has 2 bridgehead atoms. The normalized spacial score (nSPS) is 23.1. The molecule has 0 N–H and O–H groups in total. The number of carbonyl (C=O) groups excluding carboxylic acids is 2. The van der Waals surface area contributed by atoms with E-state index in [-0.39, 0.29) is 35.8 Å². The lowest BCUT2D eigenvalue weighted by molar-refractivity contribution is -0.137. The molecule has 2 saturated heterocycles. The SMILES string of the molecule is COc1cccc(/C=C2\SC(=S)N(CC(=O)N3C[C@@H]4C[C@@H](C3)c3cccc(=O)n3C4)C2=O)c1. The molecule has 3 aliphatic rings. The minimum atomic E-state index is -0.254. The van der Waals surface area contributed by atoms with E-state index in [1.807, 2.05) is 39.8 Å². The monoisotopic (exact) mass is 481 g/mol. The number of amides is 2. The van der Waals surface area contributed by atoms with Crippen LogP contribution in [0.3, 0.4) is 0 Å². The van der Waals surface area contributed by atoms with Gasteiger partial charge < -0.3 is 14.2 Å². The Morgan fingerprint density at radius 3 is 2.82 bits per heavy atom. The van der Waals surface area contributed by atoms with Crippen LogP contribution in [0.2, 0.25) is 0 Å². The number of carbonyl (C=O) groups is 2. The summed E-state index contributed by atoms with van der Waals surface area (Å²) in [6.45, 7) is 1.69. The fourth-order valence-electron chi connectivity index (χ4n) is 4.85. The van der Waals surface area contributed by atoms with Crippen molar-refractivity contribution in [3.05, 3.63) is 69.0 Å². The first-order valence-corrected chi connectivity index (χ1v) is 12.0. The van der Waals surface area contributed by atoms with E-state index in [4.69, 9.17) is 17.0 Å². The molecule has 0 spiro atoms. The van der Waals surface area contributed by atoms with E-state index in [2.05, 4.69) is 0 Å². The molecule has 0 radical (unpaired) electrons. The number of thiocarbonyl (C=S) groups is 1. The molecule has 3 aliphatic heterocycles. The molecule has 2 atom stereocenters. The molecule has 0 saturated carbocycles. The molecule has 1 aromatic carbocycles. The van der Waals surface area contributed by atoms with Gasteiger partial charge in [-0.1, -0.05) is 42.2 Å². The average molecular weight is 482 g/mol. The topological polar surface area (TPSA) is 71.8 Å². The van der Waals surface area contributed by atoms with Crippen LogP contribution in [0.5, 0.6) is 5.75 Å². The molecule has 170 valence electrons. The maximum atomic E-state index is 13.2. The quantitative estimate of drug-likeness (QED) is 0.494. The van der Waals surface area contributed by atoms with Crippen molar-refractivity contribution in [3.63, 3.8) is 0 Å². The van der Waals surface area contributed by atoms with E-state index in [0.29, 0.717) is 34.6 Å². The van der Waals surface area contributed by atoms with E-state index in [1.54, 1.807) is 25.3 Å². The van der Waals surface area contributed by atoms with Gasteiger partial charge in [0.1, 0.15) is 16.6 Å². The Hall–Kier alpha value is -2.91. The summed E-state index contributed by atoms with van der Waals surface area (Å²) in [5, 5.41) is 0. The molecule has 0 unspecified atom stereocenters. The Balaban J connectivity index is 1.29. The van der Waals surface area contributed by atoms with E-state index in [1.165, 1.54) is 16.7 Å². The number of rotatable bonds is 4. The van der Waals surface area contributed by atoms with Crippen LogP contribution in [0.1, 0.15) is 23.6 Å². The summed E-state index contributed by atoms with van der Waals surface area (Å²) in [5.41, 5.74) is 1.84. The Kier molecular flexibility index (Phi) is 5.84. The van der Waals surface area contributed by atoms with E-state index in [9.17, 15) is 14.4 Å². The molecular formula is C24H23N3O4S2. The Labute approximate surface area is 201 Å². The van der Waals surface area contributed by atoms with Crippen LogP contribution in [-0.4, -0.2) is 57.2 Å². The highest BCUT2D eigenvalue weighted by atomic mass is 32.2. The highest BCUT2D eigenvalue weighted by molar-refractivity contribution is 8.26. The highest BCUT2D eigenvalue weighted by Gasteiger charge is 2.39. The summed E-state index contributed by atoms with van der Waals surface area (Å²) < 4.78 is 7.47. The van der Waals surface area contributed by atoms with E-state index < -0.39 is 0 Å². The van der Waals surface area contributed by atoms with Gasteiger partial charge in [-0.15, -0.1) is 0 Å². The predicted octanol–water partition coefficient (Wildman–Crippen LogP) is 2.70. The fourth-order valence-corrected chi connectivity index (χ4v) is 6.11. The number of likely N-dealkylation sites (tertiary alicyclic amines) is 1. The van der Waals surface area contributed by atoms with Crippen molar-refractivity contribution in [1.29, 1.82) is 0 Å². The second-order valence-corrected chi connectivity index (χ2v) is 10.2. The maximum Gasteiger partial charge on any atom is 0.266 e. The first-order chi connectivity index (χ1) is 15.9. The van der Waals surface area contributed by atoms with Gasteiger partial charge in [-0.05, 0) is 42.2 Å². The van der Waals surface area contributed by atoms with Crippen LogP contribution >= 0.6 is 24.0 Å². The third kappa shape index (κ3) is 4.22. The summed E-state index contributed by atoms with van der Waals surface area (Å²) in [5.74, 6) is 0.702. The summed E-state index contributed by atoms with van der Waals surface area (Å²) in [4.78, 5) is 42.1. The lowest BCUT2D eigenvalue weighted by Crippen LogP contribution is -2.51.